The van der Waals surface area contributed by atoms with Crippen LogP contribution in [0.15, 0.2) is 46.9 Å². The molecular weight excluding hydrogens is 444 g/mol. The van der Waals surface area contributed by atoms with E-state index >= 15 is 0 Å². The molecule has 2 amide bonds. The van der Waals surface area contributed by atoms with Crippen molar-refractivity contribution < 1.29 is 14.3 Å². The predicted octanol–water partition coefficient (Wildman–Crippen LogP) is 5.75. The minimum atomic E-state index is -0.265. The van der Waals surface area contributed by atoms with Gasteiger partial charge in [0, 0.05) is 28.8 Å². The zero-order valence-electron chi connectivity index (χ0n) is 17.6. The minimum absolute atomic E-state index is 0.0194. The van der Waals surface area contributed by atoms with Gasteiger partial charge in [-0.1, -0.05) is 35.8 Å². The molecule has 3 rings (SSSR count). The number of halogens is 1. The number of nitrogens with one attached hydrogen (secondary N) is 1. The van der Waals surface area contributed by atoms with Crippen LogP contribution in [0.25, 0.3) is 0 Å². The lowest BCUT2D eigenvalue weighted by Crippen LogP contribution is -2.35. The van der Waals surface area contributed by atoms with E-state index in [1.165, 1.54) is 6.42 Å². The first-order valence-corrected chi connectivity index (χ1v) is 11.4. The molecule has 0 bridgehead atoms. The topological polar surface area (TPSA) is 58.6 Å². The van der Waals surface area contributed by atoms with E-state index in [0.717, 1.165) is 36.8 Å². The van der Waals surface area contributed by atoms with Gasteiger partial charge in [0.25, 0.3) is 11.8 Å². The summed E-state index contributed by atoms with van der Waals surface area (Å²) >= 11 is 3.43. The molecule has 0 radical (unpaired) electrons. The Morgan fingerprint density at radius 2 is 1.87 bits per heavy atom. The zero-order valence-corrected chi connectivity index (χ0v) is 19.2. The number of carbonyl (C=O) groups is 2. The number of carbonyl (C=O) groups excluding carboxylic acids is 2. The number of rotatable bonds is 7. The molecule has 1 heterocycles. The van der Waals surface area contributed by atoms with E-state index in [1.54, 1.807) is 36.4 Å². The number of amides is 2. The highest BCUT2D eigenvalue weighted by atomic mass is 79.9. The van der Waals surface area contributed by atoms with E-state index in [-0.39, 0.29) is 11.8 Å². The maximum atomic E-state index is 13.0. The second-order valence-electron chi connectivity index (χ2n) is 8.06. The molecule has 0 unspecified atom stereocenters. The standard InChI is InChI=1S/C24H29BrN2O3/c1-17(2)11-14-30-22-10-9-19(25)16-21(22)23(28)26-20-8-6-7-18(15-20)24(29)27-12-4-3-5-13-27/h6-10,15-17H,3-5,11-14H2,1-2H3,(H,26,28). The Balaban J connectivity index is 1.73. The van der Waals surface area contributed by atoms with Crippen molar-refractivity contribution in [1.82, 2.24) is 4.90 Å². The van der Waals surface area contributed by atoms with Gasteiger partial charge in [0.15, 0.2) is 0 Å². The number of anilines is 1. The Kier molecular flexibility index (Phi) is 7.91. The van der Waals surface area contributed by atoms with Gasteiger partial charge in [-0.15, -0.1) is 0 Å². The number of piperidine rings is 1. The highest BCUT2D eigenvalue weighted by molar-refractivity contribution is 9.10. The average molecular weight is 473 g/mol. The number of hydrogen-bond acceptors (Lipinski definition) is 3. The van der Waals surface area contributed by atoms with E-state index < -0.39 is 0 Å². The Bertz CT molecular complexity index is 892. The van der Waals surface area contributed by atoms with Gasteiger partial charge in [0.05, 0.1) is 12.2 Å². The highest BCUT2D eigenvalue weighted by Crippen LogP contribution is 2.25. The maximum Gasteiger partial charge on any atom is 0.259 e. The van der Waals surface area contributed by atoms with Crippen LogP contribution in [0.5, 0.6) is 5.75 Å². The molecule has 30 heavy (non-hydrogen) atoms. The number of nitrogens with zero attached hydrogens (tertiary/aromatic N) is 1. The summed E-state index contributed by atoms with van der Waals surface area (Å²) in [5, 5.41) is 2.91. The molecule has 6 heteroatoms. The molecule has 1 aliphatic rings. The third kappa shape index (κ3) is 6.08. The molecule has 0 atom stereocenters. The van der Waals surface area contributed by atoms with Crippen molar-refractivity contribution in [3.8, 4) is 5.75 Å². The molecule has 1 fully saturated rings. The summed E-state index contributed by atoms with van der Waals surface area (Å²) in [5.41, 5.74) is 1.65. The van der Waals surface area contributed by atoms with Crippen molar-refractivity contribution in [2.24, 2.45) is 5.92 Å². The molecule has 160 valence electrons. The molecule has 1 N–H and O–H groups in total. The molecule has 1 saturated heterocycles. The second kappa shape index (κ2) is 10.6. The minimum Gasteiger partial charge on any atom is -0.493 e. The van der Waals surface area contributed by atoms with Gasteiger partial charge in [-0.3, -0.25) is 9.59 Å². The first-order chi connectivity index (χ1) is 14.4. The van der Waals surface area contributed by atoms with Crippen molar-refractivity contribution >= 4 is 33.4 Å². The van der Waals surface area contributed by atoms with Gasteiger partial charge in [0.1, 0.15) is 5.75 Å². The van der Waals surface area contributed by atoms with E-state index in [9.17, 15) is 9.59 Å². The van der Waals surface area contributed by atoms with Crippen LogP contribution >= 0.6 is 15.9 Å². The normalized spacial score (nSPS) is 13.9. The third-order valence-electron chi connectivity index (χ3n) is 5.15. The smallest absolute Gasteiger partial charge is 0.259 e. The summed E-state index contributed by atoms with van der Waals surface area (Å²) < 4.78 is 6.66. The van der Waals surface area contributed by atoms with Crippen LogP contribution < -0.4 is 10.1 Å². The van der Waals surface area contributed by atoms with Gasteiger partial charge >= 0.3 is 0 Å². The fourth-order valence-corrected chi connectivity index (χ4v) is 3.78. The molecule has 2 aromatic carbocycles. The second-order valence-corrected chi connectivity index (χ2v) is 8.97. The van der Waals surface area contributed by atoms with Crippen molar-refractivity contribution in [3.63, 3.8) is 0 Å². The molecule has 5 nitrogen and oxygen atoms in total. The van der Waals surface area contributed by atoms with Crippen molar-refractivity contribution in [2.45, 2.75) is 39.5 Å². The first-order valence-electron chi connectivity index (χ1n) is 10.6. The number of hydrogen-bond donors (Lipinski definition) is 1. The van der Waals surface area contributed by atoms with E-state index in [4.69, 9.17) is 4.74 Å². The van der Waals surface area contributed by atoms with Crippen LogP contribution in [0.2, 0.25) is 0 Å². The fourth-order valence-electron chi connectivity index (χ4n) is 3.42. The fraction of sp³-hybridized carbons (Fsp3) is 0.417. The van der Waals surface area contributed by atoms with Crippen LogP contribution in [0.3, 0.4) is 0 Å². The summed E-state index contributed by atoms with van der Waals surface area (Å²) in [7, 11) is 0. The molecule has 0 aliphatic carbocycles. The summed E-state index contributed by atoms with van der Waals surface area (Å²) in [4.78, 5) is 27.6. The Hall–Kier alpha value is -2.34. The molecule has 0 saturated carbocycles. The van der Waals surface area contributed by atoms with Gasteiger partial charge in [-0.2, -0.15) is 0 Å². The van der Waals surface area contributed by atoms with Gasteiger partial charge < -0.3 is 15.0 Å². The largest absolute Gasteiger partial charge is 0.493 e. The SMILES string of the molecule is CC(C)CCOc1ccc(Br)cc1C(=O)Nc1cccc(C(=O)N2CCCCC2)c1. The lowest BCUT2D eigenvalue weighted by atomic mass is 10.1. The zero-order chi connectivity index (χ0) is 21.5. The number of likely N-dealkylation sites (tertiary alicyclic amines) is 1. The lowest BCUT2D eigenvalue weighted by Gasteiger charge is -2.26. The first kappa shape index (κ1) is 22.3. The number of benzene rings is 2. The molecule has 1 aliphatic heterocycles. The van der Waals surface area contributed by atoms with Gasteiger partial charge in [-0.05, 0) is 68.0 Å². The predicted molar refractivity (Wildman–Crippen MR) is 123 cm³/mol. The van der Waals surface area contributed by atoms with E-state index in [0.29, 0.717) is 35.1 Å². The monoisotopic (exact) mass is 472 g/mol. The van der Waals surface area contributed by atoms with Crippen LogP contribution in [-0.4, -0.2) is 36.4 Å². The average Bonchev–Trinajstić information content (AvgIpc) is 2.74. The Morgan fingerprint density at radius 3 is 2.60 bits per heavy atom. The molecule has 0 spiro atoms. The van der Waals surface area contributed by atoms with E-state index in [1.807, 2.05) is 11.0 Å². The lowest BCUT2D eigenvalue weighted by molar-refractivity contribution is 0.0724. The maximum absolute atomic E-state index is 13.0. The van der Waals surface area contributed by atoms with Gasteiger partial charge in [-0.25, -0.2) is 0 Å². The summed E-state index contributed by atoms with van der Waals surface area (Å²) in [6.45, 7) is 6.42. The molecule has 2 aromatic rings. The molecular formula is C24H29BrN2O3. The molecule has 0 aromatic heterocycles. The quantitative estimate of drug-likeness (QED) is 0.557. The number of ether oxygens (including phenoxy) is 1. The van der Waals surface area contributed by atoms with Gasteiger partial charge in [0.2, 0.25) is 0 Å². The van der Waals surface area contributed by atoms with E-state index in [2.05, 4.69) is 35.1 Å². The van der Waals surface area contributed by atoms with Crippen LogP contribution in [0.1, 0.15) is 60.2 Å². The van der Waals surface area contributed by atoms with Crippen molar-refractivity contribution in [1.29, 1.82) is 0 Å². The summed E-state index contributed by atoms with van der Waals surface area (Å²) in [6.07, 6.45) is 4.18. The third-order valence-corrected chi connectivity index (χ3v) is 5.64. The van der Waals surface area contributed by atoms with Crippen molar-refractivity contribution in [3.05, 3.63) is 58.1 Å². The van der Waals surface area contributed by atoms with Crippen LogP contribution in [0, 0.1) is 5.92 Å². The summed E-state index contributed by atoms with van der Waals surface area (Å²) in [5.74, 6) is 0.833. The Labute approximate surface area is 186 Å². The summed E-state index contributed by atoms with van der Waals surface area (Å²) in [6, 6.07) is 12.5. The highest BCUT2D eigenvalue weighted by Gasteiger charge is 2.19. The van der Waals surface area contributed by atoms with Crippen LogP contribution in [-0.2, 0) is 0 Å². The Morgan fingerprint density at radius 1 is 1.10 bits per heavy atom. The van der Waals surface area contributed by atoms with Crippen molar-refractivity contribution in [2.75, 3.05) is 25.0 Å². The van der Waals surface area contributed by atoms with Crippen LogP contribution in [0.4, 0.5) is 5.69 Å².